The van der Waals surface area contributed by atoms with E-state index in [2.05, 4.69) is 15.3 Å². The number of rotatable bonds is 6. The number of nitrogens with zero attached hydrogens (tertiary/aromatic N) is 2. The quantitative estimate of drug-likeness (QED) is 0.573. The summed E-state index contributed by atoms with van der Waals surface area (Å²) in [7, 11) is 0. The number of nitrogens with one attached hydrogen (secondary N) is 1. The van der Waals surface area contributed by atoms with Gasteiger partial charge >= 0.3 is 0 Å². The van der Waals surface area contributed by atoms with Gasteiger partial charge in [0.05, 0.1) is 23.5 Å². The van der Waals surface area contributed by atoms with E-state index in [0.717, 1.165) is 29.7 Å². The minimum Gasteiger partial charge on any atom is -0.490 e. The van der Waals surface area contributed by atoms with Crippen LogP contribution in [0.5, 0.6) is 5.75 Å². The van der Waals surface area contributed by atoms with Gasteiger partial charge in [-0.1, -0.05) is 6.92 Å². The zero-order valence-electron chi connectivity index (χ0n) is 18.0. The molecule has 5 nitrogen and oxygen atoms in total. The Morgan fingerprint density at radius 3 is 2.66 bits per heavy atom. The van der Waals surface area contributed by atoms with Crippen LogP contribution in [-0.4, -0.2) is 22.0 Å². The second-order valence-electron chi connectivity index (χ2n) is 9.61. The first-order valence-electron chi connectivity index (χ1n) is 11.5. The van der Waals surface area contributed by atoms with Crippen LogP contribution in [0.4, 0.5) is 10.1 Å². The molecule has 1 amide bonds. The smallest absolute Gasteiger partial charge is 0.227 e. The molecule has 1 N–H and O–H groups in total. The topological polar surface area (TPSA) is 64.1 Å². The molecule has 3 aliphatic carbocycles. The van der Waals surface area contributed by atoms with E-state index in [1.807, 2.05) is 25.1 Å². The predicted octanol–water partition coefficient (Wildman–Crippen LogP) is 5.32. The van der Waals surface area contributed by atoms with E-state index < -0.39 is 0 Å². The van der Waals surface area contributed by atoms with Crippen LogP contribution in [0.3, 0.4) is 0 Å². The normalized spacial score (nSPS) is 27.1. The van der Waals surface area contributed by atoms with Gasteiger partial charge in [0.25, 0.3) is 0 Å². The zero-order valence-corrected chi connectivity index (χ0v) is 18.0. The van der Waals surface area contributed by atoms with E-state index in [9.17, 15) is 9.18 Å². The van der Waals surface area contributed by atoms with E-state index in [0.29, 0.717) is 34.8 Å². The Morgan fingerprint density at radius 2 is 1.94 bits per heavy atom. The summed E-state index contributed by atoms with van der Waals surface area (Å²) in [6, 6.07) is 10.4. The van der Waals surface area contributed by atoms with E-state index >= 15 is 0 Å². The maximum atomic E-state index is 13.7. The molecule has 164 valence electrons. The van der Waals surface area contributed by atoms with Crippen LogP contribution in [0.2, 0.25) is 0 Å². The summed E-state index contributed by atoms with van der Waals surface area (Å²) in [6.45, 7) is 2.03. The average molecular weight is 432 g/mol. The fraction of sp³-hybridized carbons (Fsp3) is 0.423. The average Bonchev–Trinajstić information content (AvgIpc) is 3.71. The Balaban J connectivity index is 1.05. The van der Waals surface area contributed by atoms with Gasteiger partial charge in [-0.25, -0.2) is 4.39 Å². The molecule has 6 heteroatoms. The van der Waals surface area contributed by atoms with Gasteiger partial charge in [-0.05, 0) is 79.8 Å². The van der Waals surface area contributed by atoms with Gasteiger partial charge in [0.15, 0.2) is 0 Å². The largest absolute Gasteiger partial charge is 0.490 e. The monoisotopic (exact) mass is 431 g/mol. The van der Waals surface area contributed by atoms with Crippen LogP contribution in [0.15, 0.2) is 48.8 Å². The number of pyridine rings is 2. The summed E-state index contributed by atoms with van der Waals surface area (Å²) in [4.78, 5) is 21.6. The van der Waals surface area contributed by atoms with Gasteiger partial charge in [-0.15, -0.1) is 0 Å². The van der Waals surface area contributed by atoms with Crippen LogP contribution in [0.25, 0.3) is 10.9 Å². The summed E-state index contributed by atoms with van der Waals surface area (Å²) in [5.41, 5.74) is 2.63. The number of benzene rings is 1. The van der Waals surface area contributed by atoms with Crippen LogP contribution >= 0.6 is 0 Å². The molecule has 0 saturated heterocycles. The summed E-state index contributed by atoms with van der Waals surface area (Å²) in [5.74, 6) is 2.47. The summed E-state index contributed by atoms with van der Waals surface area (Å²) >= 11 is 0. The molecule has 2 aromatic heterocycles. The molecule has 0 spiro atoms. The number of hydrogen-bond acceptors (Lipinski definition) is 4. The van der Waals surface area contributed by atoms with Gasteiger partial charge in [-0.3, -0.25) is 14.8 Å². The lowest BCUT2D eigenvalue weighted by atomic mass is 9.97. The van der Waals surface area contributed by atoms with E-state index in [1.54, 1.807) is 18.5 Å². The molecular formula is C26H26FN3O2. The fourth-order valence-corrected chi connectivity index (χ4v) is 5.59. The number of fused-ring (bicyclic) bond motifs is 2. The molecule has 0 radical (unpaired) electrons. The van der Waals surface area contributed by atoms with Gasteiger partial charge in [0, 0.05) is 29.1 Å². The van der Waals surface area contributed by atoms with Crippen molar-refractivity contribution in [2.24, 2.45) is 23.7 Å². The molecule has 3 saturated carbocycles. The Labute approximate surface area is 186 Å². The number of carbonyl (C=O) groups is 1. The third-order valence-electron chi connectivity index (χ3n) is 7.47. The van der Waals surface area contributed by atoms with Crippen LogP contribution < -0.4 is 10.1 Å². The highest BCUT2D eigenvalue weighted by Crippen LogP contribution is 2.61. The molecule has 5 atom stereocenters. The van der Waals surface area contributed by atoms with E-state index in [1.165, 1.54) is 25.0 Å². The molecular weight excluding hydrogens is 405 g/mol. The number of carbonyl (C=O) groups excluding carboxylic acids is 1. The lowest BCUT2D eigenvalue weighted by molar-refractivity contribution is -0.120. The van der Waals surface area contributed by atoms with Crippen molar-refractivity contribution in [1.82, 2.24) is 9.97 Å². The Morgan fingerprint density at radius 1 is 1.12 bits per heavy atom. The van der Waals surface area contributed by atoms with Gasteiger partial charge in [-0.2, -0.15) is 0 Å². The highest BCUT2D eigenvalue weighted by Gasteiger charge is 2.59. The minimum absolute atomic E-state index is 0.0371. The van der Waals surface area contributed by atoms with Crippen molar-refractivity contribution in [2.75, 3.05) is 5.32 Å². The molecule has 0 bridgehead atoms. The first-order valence-corrected chi connectivity index (χ1v) is 11.5. The molecule has 3 aromatic rings. The molecule has 0 aliphatic heterocycles. The zero-order chi connectivity index (χ0) is 21.8. The van der Waals surface area contributed by atoms with Crippen molar-refractivity contribution in [1.29, 1.82) is 0 Å². The highest BCUT2D eigenvalue weighted by atomic mass is 19.1. The van der Waals surface area contributed by atoms with Gasteiger partial charge in [0.2, 0.25) is 5.91 Å². The Kier molecular flexibility index (Phi) is 4.63. The summed E-state index contributed by atoms with van der Waals surface area (Å²) in [6.07, 6.45) is 7.89. The fourth-order valence-electron chi connectivity index (χ4n) is 5.59. The van der Waals surface area contributed by atoms with Crippen LogP contribution in [-0.2, 0) is 4.79 Å². The Bertz CT molecular complexity index is 1170. The molecule has 1 aromatic carbocycles. The predicted molar refractivity (Wildman–Crippen MR) is 120 cm³/mol. The third kappa shape index (κ3) is 3.61. The molecule has 2 heterocycles. The Hall–Kier alpha value is -3.02. The third-order valence-corrected chi connectivity index (χ3v) is 7.47. The molecule has 1 unspecified atom stereocenters. The van der Waals surface area contributed by atoms with Crippen molar-refractivity contribution < 1.29 is 13.9 Å². The standard InChI is InChI=1S/C26H26FN3O2/c1-14(26(31)30-17-5-7-22(29-13-17)15-2-3-15)25-19-11-18(12-20(19)25)32-24-8-9-28-23-6-4-16(27)10-21(23)24/h4-10,13-15,18-20,25H,2-3,11-12H2,1H3,(H,30,31)/t14?,18-,19+,20-,25-. The number of hydrogen-bond donors (Lipinski definition) is 1. The number of aromatic nitrogens is 2. The first-order chi connectivity index (χ1) is 15.6. The maximum Gasteiger partial charge on any atom is 0.227 e. The van der Waals surface area contributed by atoms with Crippen LogP contribution in [0.1, 0.15) is 44.2 Å². The second-order valence-corrected chi connectivity index (χ2v) is 9.61. The molecule has 6 rings (SSSR count). The number of ether oxygens (including phenoxy) is 1. The van der Waals surface area contributed by atoms with E-state index in [-0.39, 0.29) is 23.7 Å². The minimum atomic E-state index is -0.290. The van der Waals surface area contributed by atoms with E-state index in [4.69, 9.17) is 4.74 Å². The number of halogens is 1. The van der Waals surface area contributed by atoms with Crippen molar-refractivity contribution >= 4 is 22.5 Å². The van der Waals surface area contributed by atoms with Crippen molar-refractivity contribution in [3.05, 3.63) is 60.3 Å². The SMILES string of the molecule is CC(C(=O)Nc1ccc(C2CC2)nc1)[C@H]1[C@@H]2C[C@H](Oc3ccnc4ccc(F)cc34)C[C@@H]21. The van der Waals surface area contributed by atoms with Crippen molar-refractivity contribution in [2.45, 2.75) is 44.6 Å². The molecule has 3 fully saturated rings. The first kappa shape index (κ1) is 19.6. The summed E-state index contributed by atoms with van der Waals surface area (Å²) in [5, 5.41) is 3.75. The lowest BCUT2D eigenvalue weighted by Crippen LogP contribution is -2.25. The second kappa shape index (κ2) is 7.54. The summed E-state index contributed by atoms with van der Waals surface area (Å²) < 4.78 is 20.0. The molecule has 32 heavy (non-hydrogen) atoms. The number of anilines is 1. The van der Waals surface area contributed by atoms with Crippen molar-refractivity contribution in [3.63, 3.8) is 0 Å². The van der Waals surface area contributed by atoms with Gasteiger partial charge in [0.1, 0.15) is 11.6 Å². The molecule has 3 aliphatic rings. The highest BCUT2D eigenvalue weighted by molar-refractivity contribution is 5.92. The van der Waals surface area contributed by atoms with Crippen LogP contribution in [0, 0.1) is 29.5 Å². The van der Waals surface area contributed by atoms with Gasteiger partial charge < -0.3 is 10.1 Å². The maximum absolute atomic E-state index is 13.7. The number of amides is 1. The lowest BCUT2D eigenvalue weighted by Gasteiger charge is -2.20. The van der Waals surface area contributed by atoms with Crippen molar-refractivity contribution in [3.8, 4) is 5.75 Å².